The van der Waals surface area contributed by atoms with Gasteiger partial charge in [0.1, 0.15) is 0 Å². The molecular weight excluding hydrogens is 252 g/mol. The van der Waals surface area contributed by atoms with E-state index in [-0.39, 0.29) is 11.3 Å². The predicted molar refractivity (Wildman–Crippen MR) is 78.5 cm³/mol. The summed E-state index contributed by atoms with van der Waals surface area (Å²) >= 11 is 0. The molecule has 5 nitrogen and oxygen atoms in total. The van der Waals surface area contributed by atoms with Crippen molar-refractivity contribution in [1.29, 1.82) is 0 Å². The molecule has 0 aliphatic rings. The Kier molecular flexibility index (Phi) is 4.17. The lowest BCUT2D eigenvalue weighted by Crippen LogP contribution is -2.13. The van der Waals surface area contributed by atoms with Crippen LogP contribution in [0.2, 0.25) is 0 Å². The molecule has 0 aliphatic carbocycles. The van der Waals surface area contributed by atoms with Crippen LogP contribution in [0.1, 0.15) is 38.6 Å². The van der Waals surface area contributed by atoms with E-state index in [0.29, 0.717) is 18.7 Å². The van der Waals surface area contributed by atoms with Crippen LogP contribution in [0.15, 0.2) is 30.5 Å². The Labute approximate surface area is 118 Å². The van der Waals surface area contributed by atoms with Crippen LogP contribution in [-0.4, -0.2) is 21.1 Å². The minimum absolute atomic E-state index is 0.00998. The van der Waals surface area contributed by atoms with Gasteiger partial charge in [-0.1, -0.05) is 26.8 Å². The lowest BCUT2D eigenvalue weighted by atomic mass is 9.92. The number of hydrogen-bond acceptors (Lipinski definition) is 3. The number of H-pyrrole nitrogens is 1. The molecule has 0 aromatic carbocycles. The van der Waals surface area contributed by atoms with E-state index < -0.39 is 0 Å². The average molecular weight is 272 g/mol. The monoisotopic (exact) mass is 272 g/mol. The molecule has 0 unspecified atom stereocenters. The molecule has 2 heterocycles. The van der Waals surface area contributed by atoms with Crippen molar-refractivity contribution in [3.05, 3.63) is 41.9 Å². The highest BCUT2D eigenvalue weighted by Crippen LogP contribution is 2.21. The summed E-state index contributed by atoms with van der Waals surface area (Å²) in [5.74, 6) is 0.517. The summed E-state index contributed by atoms with van der Waals surface area (Å²) in [5.41, 5.74) is 1.90. The van der Waals surface area contributed by atoms with Gasteiger partial charge in [0.25, 0.3) is 0 Å². The second-order valence-corrected chi connectivity index (χ2v) is 5.79. The third-order valence-electron chi connectivity index (χ3n) is 2.99. The minimum atomic E-state index is -0.0531. The summed E-state index contributed by atoms with van der Waals surface area (Å²) in [5, 5.41) is 9.85. The van der Waals surface area contributed by atoms with E-state index in [4.69, 9.17) is 0 Å². The number of hydrogen-bond donors (Lipinski definition) is 2. The zero-order valence-electron chi connectivity index (χ0n) is 12.1. The highest BCUT2D eigenvalue weighted by atomic mass is 16.1. The highest BCUT2D eigenvalue weighted by Gasteiger charge is 2.17. The number of anilines is 1. The number of nitrogens with one attached hydrogen (secondary N) is 2. The molecule has 5 heteroatoms. The fraction of sp³-hybridized carbons (Fsp3) is 0.400. The number of nitrogens with zero attached hydrogens (tertiary/aromatic N) is 2. The van der Waals surface area contributed by atoms with Crippen LogP contribution in [0, 0.1) is 0 Å². The molecule has 0 atom stereocenters. The van der Waals surface area contributed by atoms with Gasteiger partial charge in [-0.05, 0) is 18.6 Å². The van der Waals surface area contributed by atoms with E-state index in [2.05, 4.69) is 41.3 Å². The van der Waals surface area contributed by atoms with Crippen LogP contribution in [0.4, 0.5) is 5.82 Å². The third-order valence-corrected chi connectivity index (χ3v) is 2.99. The number of rotatable bonds is 4. The maximum atomic E-state index is 11.9. The highest BCUT2D eigenvalue weighted by molar-refractivity contribution is 5.89. The van der Waals surface area contributed by atoms with Crippen molar-refractivity contribution in [1.82, 2.24) is 15.2 Å². The fourth-order valence-electron chi connectivity index (χ4n) is 1.76. The summed E-state index contributed by atoms with van der Waals surface area (Å²) in [4.78, 5) is 16.0. The normalized spacial score (nSPS) is 11.3. The van der Waals surface area contributed by atoms with Crippen LogP contribution in [-0.2, 0) is 16.6 Å². The van der Waals surface area contributed by atoms with Crippen LogP contribution in [0.25, 0.3) is 0 Å². The molecule has 2 rings (SSSR count). The SMILES string of the molecule is CC(C)(C)c1cc(NC(=O)CCc2ccccn2)n[nH]1. The number of carbonyl (C=O) groups excluding carboxylic acids is 1. The van der Waals surface area contributed by atoms with Gasteiger partial charge in [0, 0.05) is 35.5 Å². The summed E-state index contributed by atoms with van der Waals surface area (Å²) in [6.45, 7) is 6.27. The van der Waals surface area contributed by atoms with Gasteiger partial charge in [0.15, 0.2) is 5.82 Å². The minimum Gasteiger partial charge on any atom is -0.309 e. The number of aromatic nitrogens is 3. The largest absolute Gasteiger partial charge is 0.309 e. The predicted octanol–water partition coefficient (Wildman–Crippen LogP) is 2.67. The number of pyridine rings is 1. The van der Waals surface area contributed by atoms with Crippen LogP contribution in [0.5, 0.6) is 0 Å². The molecule has 0 saturated heterocycles. The molecule has 2 aromatic rings. The number of carbonyl (C=O) groups is 1. The molecule has 0 spiro atoms. The smallest absolute Gasteiger partial charge is 0.225 e. The van der Waals surface area contributed by atoms with Gasteiger partial charge in [-0.15, -0.1) is 0 Å². The van der Waals surface area contributed by atoms with E-state index in [1.54, 1.807) is 6.20 Å². The van der Waals surface area contributed by atoms with Gasteiger partial charge in [0.05, 0.1) is 0 Å². The lowest BCUT2D eigenvalue weighted by Gasteiger charge is -2.14. The first-order valence-electron chi connectivity index (χ1n) is 6.71. The van der Waals surface area contributed by atoms with Crippen molar-refractivity contribution in [2.75, 3.05) is 5.32 Å². The molecule has 1 amide bonds. The van der Waals surface area contributed by atoms with Crippen molar-refractivity contribution in [2.24, 2.45) is 0 Å². The zero-order chi connectivity index (χ0) is 14.6. The summed E-state index contributed by atoms with van der Waals surface area (Å²) in [6, 6.07) is 7.57. The molecule has 2 aromatic heterocycles. The van der Waals surface area contributed by atoms with Gasteiger partial charge in [0.2, 0.25) is 5.91 Å². The standard InChI is InChI=1S/C15H20N4O/c1-15(2,3)12-10-13(19-18-12)17-14(20)8-7-11-6-4-5-9-16-11/h4-6,9-10H,7-8H2,1-3H3,(H2,17,18,19,20). The molecule has 0 radical (unpaired) electrons. The Morgan fingerprint density at radius 3 is 2.75 bits per heavy atom. The zero-order valence-corrected chi connectivity index (χ0v) is 12.1. The molecule has 106 valence electrons. The van der Waals surface area contributed by atoms with Crippen molar-refractivity contribution < 1.29 is 4.79 Å². The summed E-state index contributed by atoms with van der Waals surface area (Å²) < 4.78 is 0. The van der Waals surface area contributed by atoms with E-state index in [1.165, 1.54) is 0 Å². The number of aryl methyl sites for hydroxylation is 1. The Morgan fingerprint density at radius 1 is 1.35 bits per heavy atom. The molecule has 0 aliphatic heterocycles. The molecule has 0 saturated carbocycles. The number of amides is 1. The van der Waals surface area contributed by atoms with E-state index in [1.807, 2.05) is 24.3 Å². The first-order valence-corrected chi connectivity index (χ1v) is 6.71. The molecule has 0 fully saturated rings. The second-order valence-electron chi connectivity index (χ2n) is 5.79. The van der Waals surface area contributed by atoms with Gasteiger partial charge in [-0.2, -0.15) is 5.10 Å². The maximum Gasteiger partial charge on any atom is 0.225 e. The van der Waals surface area contributed by atoms with Crippen LogP contribution >= 0.6 is 0 Å². The first kappa shape index (κ1) is 14.2. The summed E-state index contributed by atoms with van der Waals surface area (Å²) in [7, 11) is 0. The van der Waals surface area contributed by atoms with Crippen molar-refractivity contribution in [3.8, 4) is 0 Å². The third kappa shape index (κ3) is 3.91. The van der Waals surface area contributed by atoms with E-state index >= 15 is 0 Å². The molecule has 20 heavy (non-hydrogen) atoms. The van der Waals surface area contributed by atoms with E-state index in [9.17, 15) is 4.79 Å². The van der Waals surface area contributed by atoms with Crippen molar-refractivity contribution >= 4 is 11.7 Å². The van der Waals surface area contributed by atoms with Crippen LogP contribution in [0.3, 0.4) is 0 Å². The molecule has 2 N–H and O–H groups in total. The fourth-order valence-corrected chi connectivity index (χ4v) is 1.76. The van der Waals surface area contributed by atoms with Gasteiger partial charge >= 0.3 is 0 Å². The van der Waals surface area contributed by atoms with Crippen molar-refractivity contribution in [3.63, 3.8) is 0 Å². The van der Waals surface area contributed by atoms with Crippen molar-refractivity contribution in [2.45, 2.75) is 39.0 Å². The molecule has 0 bridgehead atoms. The quantitative estimate of drug-likeness (QED) is 0.899. The summed E-state index contributed by atoms with van der Waals surface area (Å²) in [6.07, 6.45) is 2.76. The van der Waals surface area contributed by atoms with E-state index in [0.717, 1.165) is 11.4 Å². The van der Waals surface area contributed by atoms with Gasteiger partial charge < -0.3 is 5.32 Å². The second kappa shape index (κ2) is 5.86. The van der Waals surface area contributed by atoms with Gasteiger partial charge in [-0.3, -0.25) is 14.9 Å². The Balaban J connectivity index is 1.87. The first-order chi connectivity index (χ1) is 9.45. The maximum absolute atomic E-state index is 11.9. The Hall–Kier alpha value is -2.17. The Morgan fingerprint density at radius 2 is 2.15 bits per heavy atom. The Bertz CT molecular complexity index is 569. The van der Waals surface area contributed by atoms with Gasteiger partial charge in [-0.25, -0.2) is 0 Å². The molecular formula is C15H20N4O. The lowest BCUT2D eigenvalue weighted by molar-refractivity contribution is -0.116. The topological polar surface area (TPSA) is 70.7 Å². The number of aromatic amines is 1. The van der Waals surface area contributed by atoms with Crippen LogP contribution < -0.4 is 5.32 Å². The average Bonchev–Trinajstić information content (AvgIpc) is 2.86.